The summed E-state index contributed by atoms with van der Waals surface area (Å²) in [4.78, 5) is 12.1. The molecule has 24 heavy (non-hydrogen) atoms. The number of carbonyl (C=O) groups is 1. The number of nitrogens with zero attached hydrogens (tertiary/aromatic N) is 3. The quantitative estimate of drug-likeness (QED) is 0.785. The van der Waals surface area contributed by atoms with E-state index in [4.69, 9.17) is 0 Å². The van der Waals surface area contributed by atoms with Gasteiger partial charge < -0.3 is 5.32 Å². The van der Waals surface area contributed by atoms with Crippen LogP contribution in [-0.4, -0.2) is 27.4 Å². The minimum Gasteiger partial charge on any atom is -0.350 e. The fraction of sp³-hybridized carbons (Fsp3) is 0.167. The lowest BCUT2D eigenvalue weighted by Gasteiger charge is -2.03. The van der Waals surface area contributed by atoms with Gasteiger partial charge in [0.15, 0.2) is 5.69 Å². The molecular formula is C18H17FN4O. The molecule has 0 spiro atoms. The van der Waals surface area contributed by atoms with Crippen LogP contribution in [0.1, 0.15) is 21.6 Å². The number of nitrogens with one attached hydrogen (secondary N) is 1. The van der Waals surface area contributed by atoms with Crippen LogP contribution in [0, 0.1) is 12.7 Å². The van der Waals surface area contributed by atoms with E-state index in [2.05, 4.69) is 15.6 Å². The average Bonchev–Trinajstić information content (AvgIpc) is 3.07. The van der Waals surface area contributed by atoms with Crippen molar-refractivity contribution in [2.75, 3.05) is 6.54 Å². The van der Waals surface area contributed by atoms with Crippen molar-refractivity contribution in [3.63, 3.8) is 0 Å². The van der Waals surface area contributed by atoms with Crippen molar-refractivity contribution < 1.29 is 9.18 Å². The van der Waals surface area contributed by atoms with Gasteiger partial charge >= 0.3 is 0 Å². The van der Waals surface area contributed by atoms with Crippen molar-refractivity contribution in [3.05, 3.63) is 77.4 Å². The van der Waals surface area contributed by atoms with Crippen molar-refractivity contribution >= 4 is 5.91 Å². The standard InChI is InChI=1S/C18H17FN4O/c1-13-2-8-16(9-3-13)23-12-17(21-22-23)18(24)20-11-10-14-4-6-15(19)7-5-14/h2-9,12H,10-11H2,1H3,(H,20,24). The van der Waals surface area contributed by atoms with E-state index in [0.29, 0.717) is 13.0 Å². The number of halogens is 1. The molecule has 1 N–H and O–H groups in total. The van der Waals surface area contributed by atoms with Gasteiger partial charge in [-0.2, -0.15) is 0 Å². The van der Waals surface area contributed by atoms with E-state index in [1.165, 1.54) is 12.1 Å². The summed E-state index contributed by atoms with van der Waals surface area (Å²) in [6, 6.07) is 14.0. The Morgan fingerprint density at radius 3 is 2.54 bits per heavy atom. The first-order valence-corrected chi connectivity index (χ1v) is 7.64. The maximum Gasteiger partial charge on any atom is 0.273 e. The van der Waals surface area contributed by atoms with Crippen LogP contribution in [-0.2, 0) is 6.42 Å². The van der Waals surface area contributed by atoms with E-state index < -0.39 is 0 Å². The van der Waals surface area contributed by atoms with E-state index in [1.807, 2.05) is 31.2 Å². The summed E-state index contributed by atoms with van der Waals surface area (Å²) in [6.45, 7) is 2.45. The lowest BCUT2D eigenvalue weighted by atomic mass is 10.1. The Kier molecular flexibility index (Phi) is 4.65. The minimum absolute atomic E-state index is 0.259. The molecule has 0 saturated heterocycles. The van der Waals surface area contributed by atoms with Gasteiger partial charge in [0.25, 0.3) is 5.91 Å². The van der Waals surface area contributed by atoms with Crippen LogP contribution in [0.2, 0.25) is 0 Å². The van der Waals surface area contributed by atoms with Crippen LogP contribution in [0.3, 0.4) is 0 Å². The van der Waals surface area contributed by atoms with Crippen LogP contribution in [0.25, 0.3) is 5.69 Å². The zero-order valence-corrected chi connectivity index (χ0v) is 13.2. The van der Waals surface area contributed by atoms with Crippen LogP contribution in [0.5, 0.6) is 0 Å². The maximum absolute atomic E-state index is 12.8. The molecule has 0 saturated carbocycles. The van der Waals surface area contributed by atoms with Gasteiger partial charge in [-0.1, -0.05) is 35.0 Å². The summed E-state index contributed by atoms with van der Waals surface area (Å²) in [7, 11) is 0. The summed E-state index contributed by atoms with van der Waals surface area (Å²) in [5, 5.41) is 10.7. The molecule has 1 amide bonds. The molecule has 5 nitrogen and oxygen atoms in total. The summed E-state index contributed by atoms with van der Waals surface area (Å²) in [5.74, 6) is -0.550. The molecule has 0 aliphatic rings. The molecule has 0 unspecified atom stereocenters. The Morgan fingerprint density at radius 2 is 1.83 bits per heavy atom. The van der Waals surface area contributed by atoms with Crippen molar-refractivity contribution in [1.29, 1.82) is 0 Å². The van der Waals surface area contributed by atoms with Gasteiger partial charge in [0, 0.05) is 6.54 Å². The lowest BCUT2D eigenvalue weighted by molar-refractivity contribution is 0.0949. The van der Waals surface area contributed by atoms with E-state index >= 15 is 0 Å². The Hall–Kier alpha value is -3.02. The Labute approximate surface area is 139 Å². The van der Waals surface area contributed by atoms with E-state index in [1.54, 1.807) is 23.0 Å². The molecule has 0 atom stereocenters. The maximum atomic E-state index is 12.8. The SMILES string of the molecule is Cc1ccc(-n2cc(C(=O)NCCc3ccc(F)cc3)nn2)cc1. The Bertz CT molecular complexity index is 825. The second-order valence-corrected chi connectivity index (χ2v) is 5.52. The predicted molar refractivity (Wildman–Crippen MR) is 88.5 cm³/mol. The lowest BCUT2D eigenvalue weighted by Crippen LogP contribution is -2.26. The van der Waals surface area contributed by atoms with E-state index in [9.17, 15) is 9.18 Å². The molecule has 0 bridgehead atoms. The topological polar surface area (TPSA) is 59.8 Å². The first-order valence-electron chi connectivity index (χ1n) is 7.64. The number of carbonyl (C=O) groups excluding carboxylic acids is 1. The highest BCUT2D eigenvalue weighted by Gasteiger charge is 2.11. The zero-order valence-electron chi connectivity index (χ0n) is 13.2. The molecule has 1 heterocycles. The molecular weight excluding hydrogens is 307 g/mol. The smallest absolute Gasteiger partial charge is 0.273 e. The molecule has 3 rings (SSSR count). The van der Waals surface area contributed by atoms with E-state index in [-0.39, 0.29) is 17.4 Å². The number of aromatic nitrogens is 3. The van der Waals surface area contributed by atoms with Gasteiger partial charge in [0.1, 0.15) is 5.82 Å². The normalized spacial score (nSPS) is 10.6. The minimum atomic E-state index is -0.282. The summed E-state index contributed by atoms with van der Waals surface area (Å²) < 4.78 is 14.4. The van der Waals surface area contributed by atoms with Crippen LogP contribution < -0.4 is 5.32 Å². The first-order chi connectivity index (χ1) is 11.6. The average molecular weight is 324 g/mol. The van der Waals surface area contributed by atoms with Crippen molar-refractivity contribution in [2.24, 2.45) is 0 Å². The molecule has 2 aromatic carbocycles. The number of amides is 1. The van der Waals surface area contributed by atoms with Gasteiger partial charge in [0.05, 0.1) is 11.9 Å². The second-order valence-electron chi connectivity index (χ2n) is 5.52. The summed E-state index contributed by atoms with van der Waals surface area (Å²) in [5.41, 5.74) is 3.21. The fourth-order valence-electron chi connectivity index (χ4n) is 2.25. The summed E-state index contributed by atoms with van der Waals surface area (Å²) >= 11 is 0. The molecule has 1 aromatic heterocycles. The first kappa shape index (κ1) is 15.9. The number of hydrogen-bond donors (Lipinski definition) is 1. The van der Waals surface area contributed by atoms with Gasteiger partial charge in [-0.25, -0.2) is 9.07 Å². The third-order valence-electron chi connectivity index (χ3n) is 3.64. The van der Waals surface area contributed by atoms with Crippen LogP contribution >= 0.6 is 0 Å². The van der Waals surface area contributed by atoms with Gasteiger partial charge in [-0.05, 0) is 43.2 Å². The molecule has 0 aliphatic heterocycles. The highest BCUT2D eigenvalue weighted by atomic mass is 19.1. The third-order valence-corrected chi connectivity index (χ3v) is 3.64. The van der Waals surface area contributed by atoms with E-state index in [0.717, 1.165) is 16.8 Å². The number of rotatable bonds is 5. The van der Waals surface area contributed by atoms with Gasteiger partial charge in [-0.15, -0.1) is 5.10 Å². The summed E-state index contributed by atoms with van der Waals surface area (Å²) in [6.07, 6.45) is 2.22. The molecule has 6 heteroatoms. The fourth-order valence-corrected chi connectivity index (χ4v) is 2.25. The largest absolute Gasteiger partial charge is 0.350 e. The number of benzene rings is 2. The molecule has 0 fully saturated rings. The van der Waals surface area contributed by atoms with Crippen molar-refractivity contribution in [2.45, 2.75) is 13.3 Å². The molecule has 0 aliphatic carbocycles. The highest BCUT2D eigenvalue weighted by molar-refractivity contribution is 5.91. The third kappa shape index (κ3) is 3.84. The number of aryl methyl sites for hydroxylation is 1. The molecule has 0 radical (unpaired) electrons. The van der Waals surface area contributed by atoms with Gasteiger partial charge in [0.2, 0.25) is 0 Å². The monoisotopic (exact) mass is 324 g/mol. The molecule has 122 valence electrons. The van der Waals surface area contributed by atoms with Crippen molar-refractivity contribution in [3.8, 4) is 5.69 Å². The highest BCUT2D eigenvalue weighted by Crippen LogP contribution is 2.08. The number of hydrogen-bond acceptors (Lipinski definition) is 3. The second kappa shape index (κ2) is 7.04. The van der Waals surface area contributed by atoms with Crippen LogP contribution in [0.4, 0.5) is 4.39 Å². The van der Waals surface area contributed by atoms with Crippen LogP contribution in [0.15, 0.2) is 54.7 Å². The van der Waals surface area contributed by atoms with Gasteiger partial charge in [-0.3, -0.25) is 4.79 Å². The predicted octanol–water partition coefficient (Wildman–Crippen LogP) is 2.69. The Morgan fingerprint density at radius 1 is 1.12 bits per heavy atom. The van der Waals surface area contributed by atoms with Crippen molar-refractivity contribution in [1.82, 2.24) is 20.3 Å². The molecule has 3 aromatic rings. The zero-order chi connectivity index (χ0) is 16.9. The Balaban J connectivity index is 1.57.